The molecule has 0 atom stereocenters. The lowest BCUT2D eigenvalue weighted by Gasteiger charge is -2.05. The first-order chi connectivity index (χ1) is 12.7. The van der Waals surface area contributed by atoms with Crippen molar-refractivity contribution in [3.05, 3.63) is 71.8 Å². The van der Waals surface area contributed by atoms with Crippen LogP contribution in [0.1, 0.15) is 17.0 Å². The minimum atomic E-state index is 0.564. The second-order valence-electron chi connectivity index (χ2n) is 5.90. The highest BCUT2D eigenvalue weighted by molar-refractivity contribution is 7.98. The van der Waals surface area contributed by atoms with E-state index in [1.165, 1.54) is 17.3 Å². The van der Waals surface area contributed by atoms with Gasteiger partial charge in [0.2, 0.25) is 0 Å². The number of imidazole rings is 1. The number of thioether (sulfide) groups is 1. The van der Waals surface area contributed by atoms with Gasteiger partial charge >= 0.3 is 0 Å². The quantitative estimate of drug-likeness (QED) is 0.544. The van der Waals surface area contributed by atoms with Gasteiger partial charge in [0.05, 0.1) is 28.0 Å². The molecule has 3 aromatic heterocycles. The lowest BCUT2D eigenvalue weighted by atomic mass is 10.2. The van der Waals surface area contributed by atoms with Crippen LogP contribution < -0.4 is 0 Å². The third-order valence-corrected chi connectivity index (χ3v) is 4.97. The smallest absolute Gasteiger partial charge is 0.117 e. The van der Waals surface area contributed by atoms with Crippen LogP contribution in [-0.2, 0) is 5.75 Å². The van der Waals surface area contributed by atoms with Crippen molar-refractivity contribution in [2.24, 2.45) is 0 Å². The molecule has 4 rings (SSSR count). The number of H-pyrrole nitrogens is 1. The molecule has 1 N–H and O–H groups in total. The van der Waals surface area contributed by atoms with E-state index in [4.69, 9.17) is 0 Å². The molecular weight excluding hydrogens is 342 g/mol. The Bertz CT molecular complexity index is 1110. The minimum Gasteiger partial charge on any atom is -0.341 e. The summed E-state index contributed by atoms with van der Waals surface area (Å²) in [6.45, 7) is 2.06. The van der Waals surface area contributed by atoms with Crippen molar-refractivity contribution in [3.8, 4) is 17.3 Å². The number of hydrogen-bond donors (Lipinski definition) is 1. The summed E-state index contributed by atoms with van der Waals surface area (Å²) < 4.78 is 0. The average molecular weight is 357 g/mol. The molecule has 0 saturated heterocycles. The van der Waals surface area contributed by atoms with Gasteiger partial charge in [-0.05, 0) is 48.9 Å². The molecule has 0 fully saturated rings. The van der Waals surface area contributed by atoms with Crippen LogP contribution in [0.15, 0.2) is 59.9 Å². The summed E-state index contributed by atoms with van der Waals surface area (Å²) in [6, 6.07) is 15.8. The summed E-state index contributed by atoms with van der Waals surface area (Å²) in [4.78, 5) is 16.7. The number of aromatic amines is 1. The van der Waals surface area contributed by atoms with E-state index in [-0.39, 0.29) is 0 Å². The maximum absolute atomic E-state index is 9.38. The summed E-state index contributed by atoms with van der Waals surface area (Å²) in [5.41, 5.74) is 5.47. The second-order valence-corrected chi connectivity index (χ2v) is 6.86. The molecule has 3 heterocycles. The highest BCUT2D eigenvalue weighted by Gasteiger charge is 2.10. The standard InChI is InChI=1S/C20H15N5S/c1-13-4-6-17-18(9-13)24-19(23-17)12-26-20-14(10-21)5-7-16(25-20)15-3-2-8-22-11-15/h2-9,11H,12H2,1H3,(H,23,24). The lowest BCUT2D eigenvalue weighted by molar-refractivity contribution is 1.09. The van der Waals surface area contributed by atoms with Gasteiger partial charge < -0.3 is 4.98 Å². The summed E-state index contributed by atoms with van der Waals surface area (Å²) in [5, 5.41) is 10.1. The zero-order chi connectivity index (χ0) is 17.9. The largest absolute Gasteiger partial charge is 0.341 e. The molecule has 6 heteroatoms. The highest BCUT2D eigenvalue weighted by atomic mass is 32.2. The van der Waals surface area contributed by atoms with Crippen molar-refractivity contribution in [3.63, 3.8) is 0 Å². The van der Waals surface area contributed by atoms with Gasteiger partial charge in [0.15, 0.2) is 0 Å². The van der Waals surface area contributed by atoms with Crippen molar-refractivity contribution in [1.29, 1.82) is 5.26 Å². The van der Waals surface area contributed by atoms with Crippen LogP contribution in [0.2, 0.25) is 0 Å². The third-order valence-electron chi connectivity index (χ3n) is 3.97. The first-order valence-corrected chi connectivity index (χ1v) is 9.11. The molecule has 0 saturated carbocycles. The Morgan fingerprint density at radius 2 is 2.08 bits per heavy atom. The van der Waals surface area contributed by atoms with Crippen LogP contribution in [0.3, 0.4) is 0 Å². The van der Waals surface area contributed by atoms with Crippen LogP contribution in [0, 0.1) is 18.3 Å². The summed E-state index contributed by atoms with van der Waals surface area (Å²) >= 11 is 1.51. The normalized spacial score (nSPS) is 10.8. The number of rotatable bonds is 4. The van der Waals surface area contributed by atoms with Gasteiger partial charge in [0.25, 0.3) is 0 Å². The van der Waals surface area contributed by atoms with Gasteiger partial charge in [-0.15, -0.1) is 0 Å². The number of aromatic nitrogens is 4. The number of hydrogen-bond acceptors (Lipinski definition) is 5. The number of nitriles is 1. The minimum absolute atomic E-state index is 0.564. The first-order valence-electron chi connectivity index (χ1n) is 8.12. The molecule has 0 aliphatic carbocycles. The van der Waals surface area contributed by atoms with Crippen LogP contribution in [0.5, 0.6) is 0 Å². The molecule has 0 unspecified atom stereocenters. The van der Waals surface area contributed by atoms with Gasteiger partial charge in [0, 0.05) is 18.0 Å². The van der Waals surface area contributed by atoms with Crippen molar-refractivity contribution < 1.29 is 0 Å². The van der Waals surface area contributed by atoms with Gasteiger partial charge in [-0.25, -0.2) is 9.97 Å². The van der Waals surface area contributed by atoms with E-state index < -0.39 is 0 Å². The van der Waals surface area contributed by atoms with E-state index in [0.717, 1.165) is 28.1 Å². The maximum atomic E-state index is 9.38. The molecule has 5 nitrogen and oxygen atoms in total. The van der Waals surface area contributed by atoms with E-state index in [9.17, 15) is 5.26 Å². The van der Waals surface area contributed by atoms with Gasteiger partial charge in [0.1, 0.15) is 16.9 Å². The molecule has 0 aliphatic heterocycles. The van der Waals surface area contributed by atoms with Crippen LogP contribution >= 0.6 is 11.8 Å². The third kappa shape index (κ3) is 3.30. The number of aryl methyl sites for hydroxylation is 1. The number of nitrogens with zero attached hydrogens (tertiary/aromatic N) is 4. The van der Waals surface area contributed by atoms with E-state index in [1.54, 1.807) is 18.5 Å². The van der Waals surface area contributed by atoms with Gasteiger partial charge in [-0.1, -0.05) is 17.8 Å². The average Bonchev–Trinajstić information content (AvgIpc) is 3.08. The summed E-state index contributed by atoms with van der Waals surface area (Å²) in [6.07, 6.45) is 3.50. The van der Waals surface area contributed by atoms with Crippen molar-refractivity contribution in [1.82, 2.24) is 19.9 Å². The van der Waals surface area contributed by atoms with Crippen molar-refractivity contribution >= 4 is 22.8 Å². The van der Waals surface area contributed by atoms with E-state index in [2.05, 4.69) is 39.0 Å². The molecule has 1 aromatic carbocycles. The van der Waals surface area contributed by atoms with Crippen LogP contribution in [-0.4, -0.2) is 19.9 Å². The number of benzene rings is 1. The monoisotopic (exact) mass is 357 g/mol. The zero-order valence-electron chi connectivity index (χ0n) is 14.1. The predicted molar refractivity (Wildman–Crippen MR) is 103 cm³/mol. The van der Waals surface area contributed by atoms with E-state index in [1.807, 2.05) is 30.3 Å². The first kappa shape index (κ1) is 16.3. The molecular formula is C20H15N5S. The predicted octanol–water partition coefficient (Wildman–Crippen LogP) is 4.49. The van der Waals surface area contributed by atoms with E-state index in [0.29, 0.717) is 16.3 Å². The molecule has 0 bridgehead atoms. The maximum Gasteiger partial charge on any atom is 0.117 e. The summed E-state index contributed by atoms with van der Waals surface area (Å²) in [5.74, 6) is 1.49. The molecule has 0 radical (unpaired) electrons. The van der Waals surface area contributed by atoms with Crippen molar-refractivity contribution in [2.45, 2.75) is 17.7 Å². The fraction of sp³-hybridized carbons (Fsp3) is 0.100. The second kappa shape index (κ2) is 6.98. The van der Waals surface area contributed by atoms with Crippen LogP contribution in [0.25, 0.3) is 22.3 Å². The van der Waals surface area contributed by atoms with E-state index >= 15 is 0 Å². The Kier molecular flexibility index (Phi) is 4.38. The molecule has 0 amide bonds. The molecule has 4 aromatic rings. The van der Waals surface area contributed by atoms with Crippen LogP contribution in [0.4, 0.5) is 0 Å². The fourth-order valence-electron chi connectivity index (χ4n) is 2.69. The topological polar surface area (TPSA) is 78.2 Å². The molecule has 0 aliphatic rings. The van der Waals surface area contributed by atoms with Gasteiger partial charge in [-0.2, -0.15) is 5.26 Å². The lowest BCUT2D eigenvalue weighted by Crippen LogP contribution is -1.92. The number of fused-ring (bicyclic) bond motifs is 1. The Hall–Kier alpha value is -3.17. The molecule has 126 valence electrons. The Balaban J connectivity index is 1.61. The summed E-state index contributed by atoms with van der Waals surface area (Å²) in [7, 11) is 0. The molecule has 26 heavy (non-hydrogen) atoms. The Morgan fingerprint density at radius 1 is 1.15 bits per heavy atom. The Morgan fingerprint density at radius 3 is 2.88 bits per heavy atom. The highest BCUT2D eigenvalue weighted by Crippen LogP contribution is 2.27. The van der Waals surface area contributed by atoms with Crippen molar-refractivity contribution in [2.75, 3.05) is 0 Å². The zero-order valence-corrected chi connectivity index (χ0v) is 14.9. The molecule has 0 spiro atoms. The SMILES string of the molecule is Cc1ccc2nc(CSc3nc(-c4cccnc4)ccc3C#N)[nH]c2c1. The van der Waals surface area contributed by atoms with Gasteiger partial charge in [-0.3, -0.25) is 4.98 Å². The fourth-order valence-corrected chi connectivity index (χ4v) is 3.53. The number of pyridine rings is 2. The Labute approximate surface area is 155 Å². The number of nitrogens with one attached hydrogen (secondary N) is 1.